The van der Waals surface area contributed by atoms with Crippen LogP contribution in [-0.2, 0) is 16.0 Å². The summed E-state index contributed by atoms with van der Waals surface area (Å²) < 4.78 is 0. The molecule has 1 aliphatic rings. The summed E-state index contributed by atoms with van der Waals surface area (Å²) in [6.07, 6.45) is 0.568. The number of carbonyl (C=O) groups is 2. The predicted molar refractivity (Wildman–Crippen MR) is 61.2 cm³/mol. The highest BCUT2D eigenvalue weighted by Gasteiger charge is 2.30. The molecule has 1 aliphatic heterocycles. The lowest BCUT2D eigenvalue weighted by molar-refractivity contribution is -0.126. The Morgan fingerprint density at radius 2 is 2.12 bits per heavy atom. The SMILES string of the molecule is CC(=O)NC1Cc2ccccc2N(C)C1=O. The van der Waals surface area contributed by atoms with Gasteiger partial charge in [0.15, 0.2) is 0 Å². The number of hydrogen-bond acceptors (Lipinski definition) is 2. The van der Waals surface area contributed by atoms with Crippen molar-refractivity contribution < 1.29 is 9.59 Å². The van der Waals surface area contributed by atoms with Gasteiger partial charge in [-0.05, 0) is 11.6 Å². The van der Waals surface area contributed by atoms with Crippen molar-refractivity contribution in [3.63, 3.8) is 0 Å². The average molecular weight is 218 g/mol. The zero-order chi connectivity index (χ0) is 11.7. The summed E-state index contributed by atoms with van der Waals surface area (Å²) in [4.78, 5) is 24.5. The lowest BCUT2D eigenvalue weighted by Crippen LogP contribution is -2.51. The minimum absolute atomic E-state index is 0.0612. The molecule has 0 fully saturated rings. The van der Waals surface area contributed by atoms with E-state index < -0.39 is 6.04 Å². The fraction of sp³-hybridized carbons (Fsp3) is 0.333. The van der Waals surface area contributed by atoms with Crippen LogP contribution in [0.5, 0.6) is 0 Å². The molecule has 1 heterocycles. The maximum atomic E-state index is 11.9. The van der Waals surface area contributed by atoms with Gasteiger partial charge in [0.2, 0.25) is 11.8 Å². The van der Waals surface area contributed by atoms with Crippen LogP contribution in [0.15, 0.2) is 24.3 Å². The average Bonchev–Trinajstić information content (AvgIpc) is 2.25. The first-order valence-corrected chi connectivity index (χ1v) is 5.22. The Kier molecular flexibility index (Phi) is 2.64. The normalized spacial score (nSPS) is 19.2. The van der Waals surface area contributed by atoms with Gasteiger partial charge in [0.25, 0.3) is 0 Å². The molecule has 1 unspecified atom stereocenters. The van der Waals surface area contributed by atoms with Gasteiger partial charge >= 0.3 is 0 Å². The van der Waals surface area contributed by atoms with Crippen LogP contribution in [0.1, 0.15) is 12.5 Å². The van der Waals surface area contributed by atoms with E-state index >= 15 is 0 Å². The monoisotopic (exact) mass is 218 g/mol. The molecule has 4 nitrogen and oxygen atoms in total. The van der Waals surface area contributed by atoms with Crippen LogP contribution in [0, 0.1) is 0 Å². The van der Waals surface area contributed by atoms with E-state index in [4.69, 9.17) is 0 Å². The lowest BCUT2D eigenvalue weighted by Gasteiger charge is -2.31. The summed E-state index contributed by atoms with van der Waals surface area (Å²) in [7, 11) is 1.73. The van der Waals surface area contributed by atoms with E-state index in [2.05, 4.69) is 5.32 Å². The van der Waals surface area contributed by atoms with Crippen LogP contribution in [0.4, 0.5) is 5.69 Å². The first-order valence-electron chi connectivity index (χ1n) is 5.22. The van der Waals surface area contributed by atoms with Gasteiger partial charge in [0.1, 0.15) is 6.04 Å². The fourth-order valence-corrected chi connectivity index (χ4v) is 2.03. The molecule has 0 bridgehead atoms. The van der Waals surface area contributed by atoms with Crippen molar-refractivity contribution in [2.24, 2.45) is 0 Å². The second kappa shape index (κ2) is 3.96. The Morgan fingerprint density at radius 1 is 1.44 bits per heavy atom. The third-order valence-electron chi connectivity index (χ3n) is 2.78. The molecular formula is C12H14N2O2. The number of hydrogen-bond donors (Lipinski definition) is 1. The number of likely N-dealkylation sites (N-methyl/N-ethyl adjacent to an activating group) is 1. The second-order valence-corrected chi connectivity index (χ2v) is 3.98. The largest absolute Gasteiger partial charge is 0.344 e. The molecule has 0 aromatic heterocycles. The van der Waals surface area contributed by atoms with E-state index in [1.54, 1.807) is 11.9 Å². The van der Waals surface area contributed by atoms with E-state index in [9.17, 15) is 9.59 Å². The highest BCUT2D eigenvalue weighted by atomic mass is 16.2. The van der Waals surface area contributed by atoms with Crippen LogP contribution in [-0.4, -0.2) is 24.9 Å². The summed E-state index contributed by atoms with van der Waals surface area (Å²) in [5.74, 6) is -0.236. The molecule has 0 saturated carbocycles. The van der Waals surface area contributed by atoms with E-state index in [0.29, 0.717) is 6.42 Å². The summed E-state index contributed by atoms with van der Waals surface area (Å²) in [5, 5.41) is 2.67. The minimum atomic E-state index is -0.433. The quantitative estimate of drug-likeness (QED) is 0.754. The standard InChI is InChI=1S/C12H14N2O2/c1-8(15)13-10-7-9-5-3-4-6-11(9)14(2)12(10)16/h3-6,10H,7H2,1-2H3,(H,13,15). The van der Waals surface area contributed by atoms with Gasteiger partial charge in [-0.2, -0.15) is 0 Å². The number of carbonyl (C=O) groups excluding carboxylic acids is 2. The van der Waals surface area contributed by atoms with Gasteiger partial charge in [-0.25, -0.2) is 0 Å². The summed E-state index contributed by atoms with van der Waals surface area (Å²) in [6.45, 7) is 1.42. The van der Waals surface area contributed by atoms with Crippen molar-refractivity contribution in [2.75, 3.05) is 11.9 Å². The van der Waals surface area contributed by atoms with Crippen molar-refractivity contribution in [1.29, 1.82) is 0 Å². The van der Waals surface area contributed by atoms with E-state index in [1.165, 1.54) is 6.92 Å². The number of para-hydroxylation sites is 1. The summed E-state index contributed by atoms with van der Waals surface area (Å²) in [5.41, 5.74) is 2.01. The van der Waals surface area contributed by atoms with Crippen molar-refractivity contribution in [2.45, 2.75) is 19.4 Å². The van der Waals surface area contributed by atoms with Gasteiger partial charge in [0.05, 0.1) is 0 Å². The number of amides is 2. The Hall–Kier alpha value is -1.84. The Balaban J connectivity index is 2.32. The van der Waals surface area contributed by atoms with Crippen molar-refractivity contribution in [3.05, 3.63) is 29.8 Å². The lowest BCUT2D eigenvalue weighted by atomic mass is 9.97. The topological polar surface area (TPSA) is 49.4 Å². The van der Waals surface area contributed by atoms with Crippen molar-refractivity contribution >= 4 is 17.5 Å². The van der Waals surface area contributed by atoms with Crippen LogP contribution in [0.2, 0.25) is 0 Å². The molecule has 2 amide bonds. The predicted octanol–water partition coefficient (Wildman–Crippen LogP) is 0.710. The summed E-state index contributed by atoms with van der Waals surface area (Å²) in [6, 6.07) is 7.30. The van der Waals surface area contributed by atoms with Gasteiger partial charge < -0.3 is 10.2 Å². The van der Waals surface area contributed by atoms with Crippen molar-refractivity contribution in [1.82, 2.24) is 5.32 Å². The van der Waals surface area contributed by atoms with Crippen LogP contribution >= 0.6 is 0 Å². The van der Waals surface area contributed by atoms with Crippen molar-refractivity contribution in [3.8, 4) is 0 Å². The van der Waals surface area contributed by atoms with Gasteiger partial charge in [-0.15, -0.1) is 0 Å². The smallest absolute Gasteiger partial charge is 0.249 e. The number of rotatable bonds is 1. The van der Waals surface area contributed by atoms with E-state index in [-0.39, 0.29) is 11.8 Å². The first-order chi connectivity index (χ1) is 7.59. The number of nitrogens with zero attached hydrogens (tertiary/aromatic N) is 1. The molecule has 1 aromatic carbocycles. The molecule has 0 radical (unpaired) electrons. The van der Waals surface area contributed by atoms with Crippen LogP contribution in [0.25, 0.3) is 0 Å². The molecule has 1 N–H and O–H groups in total. The highest BCUT2D eigenvalue weighted by molar-refractivity contribution is 6.01. The zero-order valence-corrected chi connectivity index (χ0v) is 9.36. The van der Waals surface area contributed by atoms with E-state index in [0.717, 1.165) is 11.3 Å². The van der Waals surface area contributed by atoms with Crippen LogP contribution in [0.3, 0.4) is 0 Å². The maximum absolute atomic E-state index is 11.9. The fourth-order valence-electron chi connectivity index (χ4n) is 2.03. The maximum Gasteiger partial charge on any atom is 0.249 e. The Bertz CT molecular complexity index is 442. The molecule has 1 atom stereocenters. The van der Waals surface area contributed by atoms with Gasteiger partial charge in [0, 0.05) is 26.1 Å². The molecule has 0 saturated heterocycles. The Morgan fingerprint density at radius 3 is 2.81 bits per heavy atom. The van der Waals surface area contributed by atoms with Crippen LogP contribution < -0.4 is 10.2 Å². The molecule has 4 heteroatoms. The van der Waals surface area contributed by atoms with Gasteiger partial charge in [-0.1, -0.05) is 18.2 Å². The number of anilines is 1. The molecule has 1 aromatic rings. The second-order valence-electron chi connectivity index (χ2n) is 3.98. The number of fused-ring (bicyclic) bond motifs is 1. The molecule has 16 heavy (non-hydrogen) atoms. The molecule has 2 rings (SSSR count). The molecule has 0 aliphatic carbocycles. The van der Waals surface area contributed by atoms with E-state index in [1.807, 2.05) is 24.3 Å². The third kappa shape index (κ3) is 1.78. The minimum Gasteiger partial charge on any atom is -0.344 e. The zero-order valence-electron chi connectivity index (χ0n) is 9.36. The molecule has 84 valence electrons. The number of benzene rings is 1. The number of nitrogens with one attached hydrogen (secondary N) is 1. The van der Waals surface area contributed by atoms with Gasteiger partial charge in [-0.3, -0.25) is 9.59 Å². The molecular weight excluding hydrogens is 204 g/mol. The first kappa shape index (κ1) is 10.7. The third-order valence-corrected chi connectivity index (χ3v) is 2.78. The highest BCUT2D eigenvalue weighted by Crippen LogP contribution is 2.26. The Labute approximate surface area is 94.2 Å². The molecule has 0 spiro atoms. The summed E-state index contributed by atoms with van der Waals surface area (Å²) >= 11 is 0.